The molecule has 0 fully saturated rings. The second kappa shape index (κ2) is 13.1. The van der Waals surface area contributed by atoms with Gasteiger partial charge in [0.1, 0.15) is 5.78 Å². The van der Waals surface area contributed by atoms with Crippen molar-refractivity contribution in [2.75, 3.05) is 20.4 Å². The number of hydrogen-bond acceptors (Lipinski definition) is 5. The van der Waals surface area contributed by atoms with Crippen LogP contribution in [0.2, 0.25) is 18.1 Å². The Labute approximate surface area is 152 Å². The summed E-state index contributed by atoms with van der Waals surface area (Å²) >= 11 is 0. The van der Waals surface area contributed by atoms with Gasteiger partial charge in [0, 0.05) is 20.6 Å². The second-order valence-corrected chi connectivity index (χ2v) is 11.1. The van der Waals surface area contributed by atoms with Gasteiger partial charge in [-0.15, -0.1) is 19.7 Å². The number of aliphatic carboxylic acids is 1. The maximum Gasteiger partial charge on any atom is 0.305 e. The van der Waals surface area contributed by atoms with E-state index in [0.717, 1.165) is 0 Å². The molecule has 0 unspecified atom stereocenters. The maximum absolute atomic E-state index is 12.3. The van der Waals surface area contributed by atoms with Crippen LogP contribution in [0.15, 0.2) is 38.0 Å². The van der Waals surface area contributed by atoms with Gasteiger partial charge in [-0.25, -0.2) is 0 Å². The molecule has 0 rings (SSSR count). The van der Waals surface area contributed by atoms with Gasteiger partial charge in [0.2, 0.25) is 8.32 Å². The molecule has 0 aliphatic rings. The number of carbonyl (C=O) groups excluding carboxylic acids is 1. The summed E-state index contributed by atoms with van der Waals surface area (Å²) in [6.45, 7) is 11.3. The molecule has 25 heavy (non-hydrogen) atoms. The second-order valence-electron chi connectivity index (χ2n) is 5.60. The molecule has 0 aromatic carbocycles. The Morgan fingerprint density at radius 3 is 1.88 bits per heavy atom. The Kier molecular flexibility index (Phi) is 12.6. The van der Waals surface area contributed by atoms with E-state index >= 15 is 0 Å². The van der Waals surface area contributed by atoms with Crippen molar-refractivity contribution < 1.29 is 28.2 Å². The zero-order valence-electron chi connectivity index (χ0n) is 15.1. The molecule has 0 aliphatic heterocycles. The highest BCUT2D eigenvalue weighted by Gasteiger charge is 2.35. The Morgan fingerprint density at radius 1 is 1.04 bits per heavy atom. The monoisotopic (exact) mass is 388 g/mol. The summed E-state index contributed by atoms with van der Waals surface area (Å²) in [6.07, 6.45) is 4.51. The minimum atomic E-state index is -2.38. The average Bonchev–Trinajstić information content (AvgIpc) is 2.52. The Balaban J connectivity index is 5.22. The first-order chi connectivity index (χ1) is 11.9. The van der Waals surface area contributed by atoms with Gasteiger partial charge in [-0.3, -0.25) is 9.59 Å². The van der Waals surface area contributed by atoms with Crippen molar-refractivity contribution in [2.45, 2.75) is 37.1 Å². The van der Waals surface area contributed by atoms with Crippen LogP contribution in [0.3, 0.4) is 0 Å². The third-order valence-electron chi connectivity index (χ3n) is 3.54. The summed E-state index contributed by atoms with van der Waals surface area (Å²) in [5, 5.41) is 9.18. The van der Waals surface area contributed by atoms with Crippen LogP contribution < -0.4 is 0 Å². The van der Waals surface area contributed by atoms with E-state index in [9.17, 15) is 14.7 Å². The summed E-state index contributed by atoms with van der Waals surface area (Å²) < 4.78 is 16.4. The van der Waals surface area contributed by atoms with Gasteiger partial charge in [-0.05, 0) is 18.1 Å². The molecule has 142 valence electrons. The molecule has 8 heteroatoms. The van der Waals surface area contributed by atoms with Crippen LogP contribution in [0.4, 0.5) is 0 Å². The van der Waals surface area contributed by atoms with Crippen molar-refractivity contribution in [3.05, 3.63) is 38.0 Å². The van der Waals surface area contributed by atoms with Gasteiger partial charge in [-0.2, -0.15) is 0 Å². The largest absolute Gasteiger partial charge is 0.481 e. The van der Waals surface area contributed by atoms with E-state index in [1.54, 1.807) is 18.2 Å². The van der Waals surface area contributed by atoms with E-state index in [2.05, 4.69) is 19.7 Å². The number of hydrogen-bond donors (Lipinski definition) is 1. The van der Waals surface area contributed by atoms with Crippen molar-refractivity contribution in [3.8, 4) is 0 Å². The molecule has 0 saturated heterocycles. The molecule has 0 amide bonds. The lowest BCUT2D eigenvalue weighted by atomic mass is 10.1. The number of carboxylic acids is 1. The number of allylic oxidation sites excluding steroid dienone is 3. The maximum atomic E-state index is 12.3. The number of carboxylic acid groups (broad SMARTS) is 1. The van der Waals surface area contributed by atoms with Gasteiger partial charge in [0.15, 0.2) is 8.38 Å². The molecule has 0 bridgehead atoms. The fraction of sp³-hybridized carbons (Fsp3) is 0.529. The fourth-order valence-electron chi connectivity index (χ4n) is 2.55. The molecular weight excluding hydrogens is 359 g/mol. The van der Waals surface area contributed by atoms with Crippen molar-refractivity contribution in [1.29, 1.82) is 0 Å². The first-order valence-corrected chi connectivity index (χ1v) is 11.8. The lowest BCUT2D eigenvalue weighted by Gasteiger charge is -2.33. The summed E-state index contributed by atoms with van der Waals surface area (Å²) in [7, 11) is -0.713. The van der Waals surface area contributed by atoms with Gasteiger partial charge in [0.25, 0.3) is 0 Å². The third-order valence-corrected chi connectivity index (χ3v) is 8.89. The smallest absolute Gasteiger partial charge is 0.305 e. The topological polar surface area (TPSA) is 82.1 Å². The molecule has 0 spiro atoms. The highest BCUT2D eigenvalue weighted by atomic mass is 31.2. The van der Waals surface area contributed by atoms with E-state index in [-0.39, 0.29) is 24.8 Å². The first-order valence-electron chi connectivity index (χ1n) is 7.96. The molecular formula is C17H29O6PSi. The Bertz CT molecular complexity index is 438. The number of Topliss-reactive ketones (excluding diaryl/α,β-unsaturated/α-hetero) is 1. The van der Waals surface area contributed by atoms with Crippen molar-refractivity contribution in [2.24, 2.45) is 0 Å². The fourth-order valence-corrected chi connectivity index (χ4v) is 6.62. The van der Waals surface area contributed by atoms with Crippen LogP contribution >= 0.6 is 8.38 Å². The SMILES string of the molecule is C=CC[Si](CC=C)(CC=C)O[C@@H](CC(=O)O)CC(=O)CP(OC)OC. The molecule has 0 radical (unpaired) electrons. The molecule has 6 nitrogen and oxygen atoms in total. The number of carbonyl (C=O) groups is 2. The van der Waals surface area contributed by atoms with Crippen molar-refractivity contribution in [3.63, 3.8) is 0 Å². The Hall–Kier alpha value is -1.11. The normalized spacial score (nSPS) is 12.6. The molecule has 0 aromatic rings. The molecule has 1 N–H and O–H groups in total. The van der Waals surface area contributed by atoms with Crippen LogP contribution in [0.25, 0.3) is 0 Å². The molecule has 0 aliphatic carbocycles. The van der Waals surface area contributed by atoms with E-state index in [4.69, 9.17) is 13.5 Å². The van der Waals surface area contributed by atoms with E-state index in [1.807, 2.05) is 0 Å². The predicted molar refractivity (Wildman–Crippen MR) is 103 cm³/mol. The lowest BCUT2D eigenvalue weighted by molar-refractivity contribution is -0.139. The average molecular weight is 388 g/mol. The zero-order chi connectivity index (χ0) is 19.3. The van der Waals surface area contributed by atoms with Crippen LogP contribution in [-0.2, 0) is 23.1 Å². The highest BCUT2D eigenvalue weighted by Crippen LogP contribution is 2.36. The zero-order valence-corrected chi connectivity index (χ0v) is 17.0. The summed E-state index contributed by atoms with van der Waals surface area (Å²) in [5.41, 5.74) is 0. The van der Waals surface area contributed by atoms with Gasteiger partial charge in [-0.1, -0.05) is 18.2 Å². The first kappa shape index (κ1) is 23.9. The molecule has 1 atom stereocenters. The van der Waals surface area contributed by atoms with E-state index in [0.29, 0.717) is 18.1 Å². The highest BCUT2D eigenvalue weighted by molar-refractivity contribution is 7.48. The van der Waals surface area contributed by atoms with Crippen LogP contribution in [-0.4, -0.2) is 51.7 Å². The van der Waals surface area contributed by atoms with Crippen LogP contribution in [0.1, 0.15) is 12.8 Å². The molecule has 0 heterocycles. The number of rotatable bonds is 16. The minimum Gasteiger partial charge on any atom is -0.481 e. The van der Waals surface area contributed by atoms with Gasteiger partial charge < -0.3 is 18.6 Å². The number of ketones is 1. The lowest BCUT2D eigenvalue weighted by Crippen LogP contribution is -2.42. The van der Waals surface area contributed by atoms with E-state index in [1.165, 1.54) is 14.2 Å². The predicted octanol–water partition coefficient (Wildman–Crippen LogP) is 3.91. The summed E-state index contributed by atoms with van der Waals surface area (Å²) in [5.74, 6) is -1.14. The third kappa shape index (κ3) is 9.82. The minimum absolute atomic E-state index is 0.0119. The summed E-state index contributed by atoms with van der Waals surface area (Å²) in [6, 6.07) is 1.91. The van der Waals surface area contributed by atoms with E-state index < -0.39 is 28.8 Å². The van der Waals surface area contributed by atoms with Crippen LogP contribution in [0, 0.1) is 0 Å². The standard InChI is InChI=1S/C17H29O6PSi/c1-6-9-25(10-7-2,11-8-3)23-16(13-17(19)20)12-15(18)14-24(21-4)22-5/h6-8,16H,1-3,9-14H2,4-5H3,(H,19,20)/t16-/m1/s1. The molecule has 0 saturated carbocycles. The van der Waals surface area contributed by atoms with Crippen LogP contribution in [0.5, 0.6) is 0 Å². The van der Waals surface area contributed by atoms with Gasteiger partial charge in [0.05, 0.1) is 18.7 Å². The summed E-state index contributed by atoms with van der Waals surface area (Å²) in [4.78, 5) is 23.5. The molecule has 0 aromatic heterocycles. The van der Waals surface area contributed by atoms with Crippen molar-refractivity contribution in [1.82, 2.24) is 0 Å². The van der Waals surface area contributed by atoms with Gasteiger partial charge >= 0.3 is 5.97 Å². The quantitative estimate of drug-likeness (QED) is 0.245. The van der Waals surface area contributed by atoms with Crippen molar-refractivity contribution >= 4 is 28.4 Å². The Morgan fingerprint density at radius 2 is 1.52 bits per heavy atom.